The highest BCUT2D eigenvalue weighted by Crippen LogP contribution is 2.31. The minimum absolute atomic E-state index is 0.271. The molecule has 0 atom stereocenters. The monoisotopic (exact) mass is 260 g/mol. The molecule has 0 saturated carbocycles. The molecule has 1 saturated heterocycles. The van der Waals surface area contributed by atoms with E-state index >= 15 is 0 Å². The summed E-state index contributed by atoms with van der Waals surface area (Å²) in [6, 6.07) is 0. The number of anilines is 1. The number of aliphatic hydroxyl groups is 1. The van der Waals surface area contributed by atoms with E-state index in [-0.39, 0.29) is 5.15 Å². The van der Waals surface area contributed by atoms with Crippen LogP contribution in [0.15, 0.2) is 0 Å². The molecule has 2 heterocycles. The normalized spacial score (nSPS) is 19.8. The molecule has 16 heavy (non-hydrogen) atoms. The van der Waals surface area contributed by atoms with Crippen molar-refractivity contribution in [2.45, 2.75) is 25.4 Å². The Bertz CT molecular complexity index is 396. The smallest absolute Gasteiger partial charge is 0.187 e. The molecule has 0 unspecified atom stereocenters. The van der Waals surface area contributed by atoms with Crippen molar-refractivity contribution in [1.82, 2.24) is 4.98 Å². The summed E-state index contributed by atoms with van der Waals surface area (Å²) in [5.41, 5.74) is -0.578. The highest BCUT2D eigenvalue weighted by Gasteiger charge is 2.28. The van der Waals surface area contributed by atoms with Gasteiger partial charge < -0.3 is 10.0 Å². The first kappa shape index (κ1) is 11.8. The van der Waals surface area contributed by atoms with Crippen LogP contribution in [0, 0.1) is 0 Å². The largest absolute Gasteiger partial charge is 0.390 e. The van der Waals surface area contributed by atoms with Crippen molar-refractivity contribution in [3.8, 4) is 0 Å². The molecular formula is C10H13ClN2O2S. The molecule has 88 valence electrons. The van der Waals surface area contributed by atoms with Gasteiger partial charge in [-0.25, -0.2) is 4.98 Å². The minimum atomic E-state index is -0.578. The fourth-order valence-electron chi connectivity index (χ4n) is 1.69. The van der Waals surface area contributed by atoms with E-state index in [0.29, 0.717) is 17.7 Å². The Morgan fingerprint density at radius 1 is 1.56 bits per heavy atom. The molecule has 1 fully saturated rings. The first-order valence-electron chi connectivity index (χ1n) is 5.11. The maximum atomic E-state index is 10.7. The van der Waals surface area contributed by atoms with Crippen LogP contribution in [0.5, 0.6) is 0 Å². The molecule has 0 radical (unpaired) electrons. The zero-order valence-corrected chi connectivity index (χ0v) is 10.5. The Morgan fingerprint density at radius 3 is 2.69 bits per heavy atom. The van der Waals surface area contributed by atoms with Crippen molar-refractivity contribution < 1.29 is 9.90 Å². The number of rotatable bonds is 2. The molecule has 0 aliphatic carbocycles. The first-order valence-corrected chi connectivity index (χ1v) is 6.30. The van der Waals surface area contributed by atoms with Gasteiger partial charge in [0.25, 0.3) is 0 Å². The number of nitrogens with zero attached hydrogens (tertiary/aromatic N) is 2. The predicted octanol–water partition coefficient (Wildman–Crippen LogP) is 1.96. The summed E-state index contributed by atoms with van der Waals surface area (Å²) in [5.74, 6) is 0. The third kappa shape index (κ3) is 2.36. The van der Waals surface area contributed by atoms with Crippen molar-refractivity contribution >= 4 is 34.4 Å². The lowest BCUT2D eigenvalue weighted by Gasteiger charge is -2.35. The fraction of sp³-hybridized carbons (Fsp3) is 0.600. The maximum Gasteiger partial charge on any atom is 0.187 e. The molecule has 0 bridgehead atoms. The molecule has 1 aromatic rings. The molecule has 0 amide bonds. The Labute approximate surface area is 103 Å². The second-order valence-electron chi connectivity index (χ2n) is 4.25. The molecule has 6 heteroatoms. The van der Waals surface area contributed by atoms with Crippen molar-refractivity contribution in [2.75, 3.05) is 18.0 Å². The van der Waals surface area contributed by atoms with Gasteiger partial charge in [-0.2, -0.15) is 0 Å². The van der Waals surface area contributed by atoms with E-state index in [1.807, 2.05) is 6.92 Å². The van der Waals surface area contributed by atoms with Gasteiger partial charge in [0.15, 0.2) is 16.6 Å². The first-order chi connectivity index (χ1) is 7.52. The van der Waals surface area contributed by atoms with E-state index in [1.54, 1.807) is 0 Å². The van der Waals surface area contributed by atoms with Gasteiger partial charge in [-0.05, 0) is 19.8 Å². The average Bonchev–Trinajstić information content (AvgIpc) is 2.59. The highest BCUT2D eigenvalue weighted by molar-refractivity contribution is 7.17. The summed E-state index contributed by atoms with van der Waals surface area (Å²) in [4.78, 5) is 17.3. The van der Waals surface area contributed by atoms with Gasteiger partial charge in [0.2, 0.25) is 0 Å². The van der Waals surface area contributed by atoms with Crippen LogP contribution < -0.4 is 4.90 Å². The van der Waals surface area contributed by atoms with Crippen LogP contribution >= 0.6 is 22.9 Å². The zero-order valence-electron chi connectivity index (χ0n) is 8.94. The predicted molar refractivity (Wildman–Crippen MR) is 64.6 cm³/mol. The maximum absolute atomic E-state index is 10.7. The number of carbonyl (C=O) groups is 1. The van der Waals surface area contributed by atoms with Crippen molar-refractivity contribution in [2.24, 2.45) is 0 Å². The van der Waals surface area contributed by atoms with E-state index < -0.39 is 5.60 Å². The second kappa shape index (κ2) is 4.31. The van der Waals surface area contributed by atoms with E-state index in [1.165, 1.54) is 11.3 Å². The van der Waals surface area contributed by atoms with Gasteiger partial charge in [0.1, 0.15) is 4.88 Å². The van der Waals surface area contributed by atoms with Crippen molar-refractivity contribution in [3.05, 3.63) is 10.0 Å². The molecule has 0 aromatic carbocycles. The molecule has 0 spiro atoms. The Hall–Kier alpha value is -0.650. The number of aromatic nitrogens is 1. The summed E-state index contributed by atoms with van der Waals surface area (Å²) >= 11 is 7.11. The Kier molecular flexibility index (Phi) is 3.19. The number of thiazole rings is 1. The number of hydrogen-bond acceptors (Lipinski definition) is 5. The molecular weight excluding hydrogens is 248 g/mol. The van der Waals surface area contributed by atoms with Crippen LogP contribution in [0.2, 0.25) is 5.15 Å². The van der Waals surface area contributed by atoms with Gasteiger partial charge >= 0.3 is 0 Å². The van der Waals surface area contributed by atoms with Crippen molar-refractivity contribution in [1.29, 1.82) is 0 Å². The summed E-state index contributed by atoms with van der Waals surface area (Å²) in [6.07, 6.45) is 2.14. The van der Waals surface area contributed by atoms with Crippen LogP contribution in [0.3, 0.4) is 0 Å². The summed E-state index contributed by atoms with van der Waals surface area (Å²) < 4.78 is 0. The lowest BCUT2D eigenvalue weighted by molar-refractivity contribution is 0.0351. The van der Waals surface area contributed by atoms with E-state index in [0.717, 1.165) is 24.5 Å². The summed E-state index contributed by atoms with van der Waals surface area (Å²) in [6.45, 7) is 3.33. The van der Waals surface area contributed by atoms with Gasteiger partial charge in [-0.3, -0.25) is 4.79 Å². The molecule has 1 aliphatic heterocycles. The average molecular weight is 261 g/mol. The molecule has 1 aliphatic rings. The number of hydrogen-bond donors (Lipinski definition) is 1. The highest BCUT2D eigenvalue weighted by atomic mass is 35.5. The summed E-state index contributed by atoms with van der Waals surface area (Å²) in [7, 11) is 0. The van der Waals surface area contributed by atoms with Gasteiger partial charge in [-0.1, -0.05) is 22.9 Å². The van der Waals surface area contributed by atoms with Gasteiger partial charge in [-0.15, -0.1) is 0 Å². The standard InChI is InChI=1S/C10H13ClN2O2S/c1-10(15)2-4-13(5-3-10)9-12-8(11)7(6-14)16-9/h6,15H,2-5H2,1H3. The fourth-order valence-corrected chi connectivity index (χ4v) is 2.80. The molecule has 1 N–H and O–H groups in total. The number of aldehydes is 1. The Morgan fingerprint density at radius 2 is 2.19 bits per heavy atom. The van der Waals surface area contributed by atoms with E-state index in [4.69, 9.17) is 11.6 Å². The molecule has 2 rings (SSSR count). The van der Waals surface area contributed by atoms with Crippen LogP contribution in [-0.2, 0) is 0 Å². The summed E-state index contributed by atoms with van der Waals surface area (Å²) in [5, 5.41) is 10.9. The third-order valence-electron chi connectivity index (χ3n) is 2.82. The quantitative estimate of drug-likeness (QED) is 0.826. The Balaban J connectivity index is 2.11. The van der Waals surface area contributed by atoms with Crippen LogP contribution in [0.25, 0.3) is 0 Å². The van der Waals surface area contributed by atoms with Crippen LogP contribution in [-0.4, -0.2) is 35.1 Å². The number of carbonyl (C=O) groups excluding carboxylic acids is 1. The molecule has 1 aromatic heterocycles. The number of halogens is 1. The lowest BCUT2D eigenvalue weighted by Crippen LogP contribution is -2.42. The van der Waals surface area contributed by atoms with E-state index in [9.17, 15) is 9.90 Å². The zero-order chi connectivity index (χ0) is 11.8. The topological polar surface area (TPSA) is 53.4 Å². The second-order valence-corrected chi connectivity index (χ2v) is 5.62. The number of piperidine rings is 1. The van der Waals surface area contributed by atoms with Gasteiger partial charge in [0, 0.05) is 13.1 Å². The van der Waals surface area contributed by atoms with E-state index in [2.05, 4.69) is 9.88 Å². The molecule has 4 nitrogen and oxygen atoms in total. The van der Waals surface area contributed by atoms with Gasteiger partial charge in [0.05, 0.1) is 5.60 Å². The van der Waals surface area contributed by atoms with Crippen LogP contribution in [0.1, 0.15) is 29.4 Å². The SMILES string of the molecule is CC1(O)CCN(c2nc(Cl)c(C=O)s2)CC1. The minimum Gasteiger partial charge on any atom is -0.390 e. The third-order valence-corrected chi connectivity index (χ3v) is 4.26. The van der Waals surface area contributed by atoms with Crippen LogP contribution in [0.4, 0.5) is 5.13 Å². The lowest BCUT2D eigenvalue weighted by atomic mass is 9.94. The van der Waals surface area contributed by atoms with Crippen molar-refractivity contribution in [3.63, 3.8) is 0 Å².